The van der Waals surface area contributed by atoms with Gasteiger partial charge in [0.2, 0.25) is 11.8 Å². The van der Waals surface area contributed by atoms with Gasteiger partial charge in [0.25, 0.3) is 5.92 Å². The van der Waals surface area contributed by atoms with Crippen molar-refractivity contribution in [2.45, 2.75) is 12.8 Å². The van der Waals surface area contributed by atoms with Gasteiger partial charge in [-0.1, -0.05) is 5.16 Å². The number of nitrogens with zero attached hydrogens (tertiary/aromatic N) is 1. The van der Waals surface area contributed by atoms with E-state index in [1.54, 1.807) is 13.0 Å². The van der Waals surface area contributed by atoms with E-state index in [1.807, 2.05) is 0 Å². The summed E-state index contributed by atoms with van der Waals surface area (Å²) in [7, 11) is 0. The second-order valence-corrected chi connectivity index (χ2v) is 5.19. The van der Waals surface area contributed by atoms with Crippen LogP contribution in [0.2, 0.25) is 0 Å². The van der Waals surface area contributed by atoms with E-state index in [1.165, 1.54) is 0 Å². The van der Waals surface area contributed by atoms with Gasteiger partial charge < -0.3 is 20.9 Å². The highest BCUT2D eigenvalue weighted by Gasteiger charge is 2.27. The Labute approximate surface area is 136 Å². The molecule has 0 bridgehead atoms. The van der Waals surface area contributed by atoms with Crippen LogP contribution in [0.1, 0.15) is 5.76 Å². The first-order chi connectivity index (χ1) is 9.82. The summed E-state index contributed by atoms with van der Waals surface area (Å²) in [5.41, 5.74) is 4.83. The number of nitrogens with two attached hydrogens (primary N) is 1. The van der Waals surface area contributed by atoms with Crippen molar-refractivity contribution in [3.63, 3.8) is 0 Å². The molecule has 2 amide bonds. The van der Waals surface area contributed by atoms with Crippen LogP contribution in [0.25, 0.3) is 0 Å². The normalized spacial score (nSPS) is 10.7. The molecule has 0 spiro atoms. The zero-order chi connectivity index (χ0) is 15.9. The van der Waals surface area contributed by atoms with E-state index in [0.717, 1.165) is 11.8 Å². The van der Waals surface area contributed by atoms with E-state index in [9.17, 15) is 18.4 Å². The Bertz CT molecular complexity index is 501. The van der Waals surface area contributed by atoms with Crippen LogP contribution in [0.4, 0.5) is 14.6 Å². The number of nitrogens with one attached hydrogen (secondary N) is 2. The molecule has 0 fully saturated rings. The molecule has 22 heavy (non-hydrogen) atoms. The first-order valence-corrected chi connectivity index (χ1v) is 7.13. The van der Waals surface area contributed by atoms with Gasteiger partial charge in [0.05, 0.1) is 24.6 Å². The summed E-state index contributed by atoms with van der Waals surface area (Å²) < 4.78 is 30.3. The van der Waals surface area contributed by atoms with Gasteiger partial charge in [-0.2, -0.15) is 0 Å². The van der Waals surface area contributed by atoms with Crippen molar-refractivity contribution in [2.75, 3.05) is 29.9 Å². The number of aromatic nitrogens is 1. The maximum Gasteiger partial charge on any atom is 0.277 e. The van der Waals surface area contributed by atoms with Gasteiger partial charge in [0.1, 0.15) is 5.76 Å². The van der Waals surface area contributed by atoms with E-state index in [0.29, 0.717) is 5.76 Å². The molecule has 0 aliphatic carbocycles. The van der Waals surface area contributed by atoms with Crippen molar-refractivity contribution in [3.05, 3.63) is 11.8 Å². The van der Waals surface area contributed by atoms with Crippen molar-refractivity contribution in [3.8, 4) is 0 Å². The van der Waals surface area contributed by atoms with Gasteiger partial charge in [-0.05, 0) is 6.92 Å². The molecule has 4 N–H and O–H groups in total. The third-order valence-electron chi connectivity index (χ3n) is 2.20. The predicted molar refractivity (Wildman–Crippen MR) is 81.5 cm³/mol. The Hall–Kier alpha value is -1.39. The highest BCUT2D eigenvalue weighted by Crippen LogP contribution is 2.10. The summed E-state index contributed by atoms with van der Waals surface area (Å²) >= 11 is 0.995. The molecule has 0 saturated heterocycles. The third-order valence-corrected chi connectivity index (χ3v) is 3.14. The lowest BCUT2D eigenvalue weighted by atomic mass is 10.3. The summed E-state index contributed by atoms with van der Waals surface area (Å²) in [6.45, 7) is 0.0338. The molecule has 0 aliphatic rings. The number of amides is 2. The summed E-state index contributed by atoms with van der Waals surface area (Å²) in [5, 5.41) is 8.09. The van der Waals surface area contributed by atoms with Gasteiger partial charge in [0.15, 0.2) is 5.82 Å². The average molecular weight is 359 g/mol. The molecule has 11 heteroatoms. The average Bonchev–Trinajstić information content (AvgIpc) is 2.82. The topological polar surface area (TPSA) is 110 Å². The number of carbonyl (C=O) groups excluding carboxylic acids is 2. The highest BCUT2D eigenvalue weighted by molar-refractivity contribution is 8.00. The first kappa shape index (κ1) is 20.6. The Morgan fingerprint density at radius 3 is 2.59 bits per heavy atom. The van der Waals surface area contributed by atoms with Crippen LogP contribution in [0, 0.1) is 6.92 Å². The van der Waals surface area contributed by atoms with Crippen molar-refractivity contribution < 1.29 is 22.9 Å². The maximum atomic E-state index is 12.8. The Balaban J connectivity index is 0.00000441. The summed E-state index contributed by atoms with van der Waals surface area (Å²) in [6, 6.07) is 1.55. The number of anilines is 1. The minimum atomic E-state index is -3.12. The highest BCUT2D eigenvalue weighted by atomic mass is 35.5. The summed E-state index contributed by atoms with van der Waals surface area (Å²) in [5.74, 6) is -3.35. The van der Waals surface area contributed by atoms with Gasteiger partial charge in [-0.15, -0.1) is 24.2 Å². The molecular weight excluding hydrogens is 342 g/mol. The number of aryl methyl sites for hydroxylation is 1. The van der Waals surface area contributed by atoms with E-state index < -0.39 is 24.9 Å². The number of thioether (sulfide) groups is 1. The fourth-order valence-electron chi connectivity index (χ4n) is 1.19. The van der Waals surface area contributed by atoms with Crippen LogP contribution >= 0.6 is 24.2 Å². The van der Waals surface area contributed by atoms with Crippen molar-refractivity contribution in [2.24, 2.45) is 5.73 Å². The quantitative estimate of drug-likeness (QED) is 0.633. The third kappa shape index (κ3) is 8.15. The molecular formula is C11H17ClF2N4O3S. The second-order valence-electron chi connectivity index (χ2n) is 4.20. The Morgan fingerprint density at radius 1 is 1.41 bits per heavy atom. The molecule has 1 heterocycles. The number of carbonyl (C=O) groups is 2. The molecule has 1 aromatic rings. The van der Waals surface area contributed by atoms with E-state index in [-0.39, 0.29) is 35.6 Å². The second kappa shape index (κ2) is 9.59. The molecule has 0 atom stereocenters. The summed E-state index contributed by atoms with van der Waals surface area (Å²) in [6.07, 6.45) is 0. The van der Waals surface area contributed by atoms with Crippen LogP contribution in [-0.4, -0.2) is 47.5 Å². The summed E-state index contributed by atoms with van der Waals surface area (Å²) in [4.78, 5) is 22.8. The SMILES string of the molecule is Cc1cc(NC(=O)CSCC(=O)NCC(F)(F)CN)no1.Cl. The van der Waals surface area contributed by atoms with E-state index in [4.69, 9.17) is 10.3 Å². The fourth-order valence-corrected chi connectivity index (χ4v) is 1.84. The Kier molecular flexibility index (Phi) is 8.99. The monoisotopic (exact) mass is 358 g/mol. The lowest BCUT2D eigenvalue weighted by Gasteiger charge is -2.14. The van der Waals surface area contributed by atoms with Gasteiger partial charge in [0, 0.05) is 6.07 Å². The van der Waals surface area contributed by atoms with Crippen molar-refractivity contribution >= 4 is 41.8 Å². The predicted octanol–water partition coefficient (Wildman–Crippen LogP) is 0.787. The van der Waals surface area contributed by atoms with Crippen LogP contribution in [0.5, 0.6) is 0 Å². The zero-order valence-corrected chi connectivity index (χ0v) is 13.4. The van der Waals surface area contributed by atoms with E-state index in [2.05, 4.69) is 15.8 Å². The number of hydrogen-bond donors (Lipinski definition) is 3. The maximum absolute atomic E-state index is 12.8. The largest absolute Gasteiger partial charge is 0.360 e. The van der Waals surface area contributed by atoms with Crippen molar-refractivity contribution in [1.29, 1.82) is 0 Å². The van der Waals surface area contributed by atoms with Crippen LogP contribution < -0.4 is 16.4 Å². The Morgan fingerprint density at radius 2 is 2.05 bits per heavy atom. The van der Waals surface area contributed by atoms with Crippen LogP contribution in [-0.2, 0) is 9.59 Å². The molecule has 126 valence electrons. The van der Waals surface area contributed by atoms with Crippen LogP contribution in [0.15, 0.2) is 10.6 Å². The molecule has 0 radical (unpaired) electrons. The molecule has 0 aliphatic heterocycles. The van der Waals surface area contributed by atoms with Gasteiger partial charge in [-0.3, -0.25) is 9.59 Å². The zero-order valence-electron chi connectivity index (χ0n) is 11.7. The van der Waals surface area contributed by atoms with E-state index >= 15 is 0 Å². The number of hydrogen-bond acceptors (Lipinski definition) is 6. The molecule has 1 rings (SSSR count). The smallest absolute Gasteiger partial charge is 0.277 e. The van der Waals surface area contributed by atoms with Gasteiger partial charge >= 0.3 is 0 Å². The lowest BCUT2D eigenvalue weighted by Crippen LogP contribution is -2.42. The number of rotatable bonds is 8. The minimum absolute atomic E-state index is 0. The molecule has 1 aromatic heterocycles. The van der Waals surface area contributed by atoms with Crippen LogP contribution in [0.3, 0.4) is 0 Å². The molecule has 0 saturated carbocycles. The number of alkyl halides is 2. The van der Waals surface area contributed by atoms with Crippen molar-refractivity contribution in [1.82, 2.24) is 10.5 Å². The fraction of sp³-hybridized carbons (Fsp3) is 0.545. The minimum Gasteiger partial charge on any atom is -0.360 e. The van der Waals surface area contributed by atoms with Gasteiger partial charge in [-0.25, -0.2) is 8.78 Å². The molecule has 0 unspecified atom stereocenters. The first-order valence-electron chi connectivity index (χ1n) is 5.98. The lowest BCUT2D eigenvalue weighted by molar-refractivity contribution is -0.120. The molecule has 7 nitrogen and oxygen atoms in total. The molecule has 0 aromatic carbocycles. The number of halogens is 3. The standard InChI is InChI=1S/C11H16F2N4O3S.ClH/c1-7-2-8(17-20-7)16-10(19)4-21-3-9(18)15-6-11(12,13)5-14;/h2H,3-6,14H2,1H3,(H,15,18)(H,16,17,19);1H.